The summed E-state index contributed by atoms with van der Waals surface area (Å²) in [6.45, 7) is 12.9. The van der Waals surface area contributed by atoms with Crippen molar-refractivity contribution in [2.24, 2.45) is 0 Å². The highest BCUT2D eigenvalue weighted by molar-refractivity contribution is 5.91. The summed E-state index contributed by atoms with van der Waals surface area (Å²) in [4.78, 5) is 29.2. The topological polar surface area (TPSA) is 59.1 Å². The molecule has 6 nitrogen and oxygen atoms in total. The Kier molecular flexibility index (Phi) is 6.63. The van der Waals surface area contributed by atoms with Crippen molar-refractivity contribution in [3.05, 3.63) is 0 Å². The lowest BCUT2D eigenvalue weighted by molar-refractivity contribution is -0.166. The van der Waals surface area contributed by atoms with Gasteiger partial charge >= 0.3 is 11.9 Å². The zero-order valence-corrected chi connectivity index (χ0v) is 18.4. The van der Waals surface area contributed by atoms with Crippen molar-refractivity contribution in [2.75, 3.05) is 14.1 Å². The number of hydrogen-bond acceptors (Lipinski definition) is 6. The lowest BCUT2D eigenvalue weighted by Crippen LogP contribution is -2.54. The molecule has 0 N–H and O–H groups in total. The van der Waals surface area contributed by atoms with E-state index in [-0.39, 0.29) is 29.7 Å². The Bertz CT molecular complexity index is 512. The number of carbonyl (C=O) groups excluding carboxylic acids is 2. The number of nitrogens with zero attached hydrogens (tertiary/aromatic N) is 2. The van der Waals surface area contributed by atoms with Gasteiger partial charge in [-0.1, -0.05) is 0 Å². The fourth-order valence-corrected chi connectivity index (χ4v) is 4.59. The first-order valence-electron chi connectivity index (χ1n) is 10.2. The van der Waals surface area contributed by atoms with Gasteiger partial charge in [-0.3, -0.25) is 19.4 Å². The summed E-state index contributed by atoms with van der Waals surface area (Å²) < 4.78 is 11.2. The van der Waals surface area contributed by atoms with E-state index in [9.17, 15) is 9.59 Å². The molecule has 156 valence electrons. The van der Waals surface area contributed by atoms with Crippen LogP contribution < -0.4 is 0 Å². The molecule has 0 amide bonds. The van der Waals surface area contributed by atoms with E-state index in [2.05, 4.69) is 65.4 Å². The van der Waals surface area contributed by atoms with Crippen molar-refractivity contribution in [3.63, 3.8) is 0 Å². The van der Waals surface area contributed by atoms with Crippen LogP contribution in [0.5, 0.6) is 0 Å². The maximum atomic E-state index is 12.3. The summed E-state index contributed by atoms with van der Waals surface area (Å²) in [5, 5.41) is 0. The molecule has 2 rings (SSSR count). The van der Waals surface area contributed by atoms with Gasteiger partial charge in [-0.2, -0.15) is 0 Å². The van der Waals surface area contributed by atoms with E-state index in [0.717, 1.165) is 25.7 Å². The normalized spacial score (nSPS) is 34.1. The molecule has 4 unspecified atom stereocenters. The lowest BCUT2D eigenvalue weighted by Gasteiger charge is -2.47. The number of esters is 2. The van der Waals surface area contributed by atoms with Crippen LogP contribution in [0.25, 0.3) is 0 Å². The average Bonchev–Trinajstić information content (AvgIpc) is 2.49. The molecule has 0 saturated carbocycles. The summed E-state index contributed by atoms with van der Waals surface area (Å²) in [5.74, 6) is -0.949. The molecular formula is C21H38N2O4. The molecule has 2 fully saturated rings. The standard InChI is InChI=1S/C21H38N2O4/c1-14-9-16(12-20(3,4)22(14)7)26-18(24)11-19(25)27-17-10-15(2)23(8)21(5,6)13-17/h14-17H,9-13H2,1-8H3. The molecule has 6 heteroatoms. The molecule has 0 bridgehead atoms. The van der Waals surface area contributed by atoms with Crippen molar-refractivity contribution in [3.8, 4) is 0 Å². The molecule has 0 radical (unpaired) electrons. The van der Waals surface area contributed by atoms with Gasteiger partial charge in [0, 0.05) is 36.0 Å². The Labute approximate surface area is 164 Å². The first-order chi connectivity index (χ1) is 12.3. The predicted molar refractivity (Wildman–Crippen MR) is 105 cm³/mol. The Morgan fingerprint density at radius 1 is 0.815 bits per heavy atom. The second-order valence-electron chi connectivity index (χ2n) is 9.82. The van der Waals surface area contributed by atoms with E-state index >= 15 is 0 Å². The van der Waals surface area contributed by atoms with Crippen LogP contribution in [0.3, 0.4) is 0 Å². The molecule has 0 aromatic carbocycles. The molecule has 0 aliphatic carbocycles. The first kappa shape index (κ1) is 22.2. The molecular weight excluding hydrogens is 344 g/mol. The van der Waals surface area contributed by atoms with Gasteiger partial charge in [0.2, 0.25) is 0 Å². The van der Waals surface area contributed by atoms with Gasteiger partial charge in [-0.15, -0.1) is 0 Å². The van der Waals surface area contributed by atoms with Gasteiger partial charge in [-0.25, -0.2) is 0 Å². The molecule has 2 aliphatic rings. The van der Waals surface area contributed by atoms with Gasteiger partial charge in [0.1, 0.15) is 18.6 Å². The van der Waals surface area contributed by atoms with Crippen molar-refractivity contribution in [2.45, 2.75) is 109 Å². The SMILES string of the molecule is CC1CC(OC(=O)CC(=O)OC2CC(C)N(C)C(C)(C)C2)CC(C)(C)N1C. The average molecular weight is 383 g/mol. The van der Waals surface area contributed by atoms with Crippen LogP contribution in [0.15, 0.2) is 0 Å². The molecule has 0 aromatic rings. The van der Waals surface area contributed by atoms with Crippen LogP contribution in [-0.2, 0) is 19.1 Å². The molecule has 0 aromatic heterocycles. The Morgan fingerprint density at radius 3 is 1.44 bits per heavy atom. The fourth-order valence-electron chi connectivity index (χ4n) is 4.59. The summed E-state index contributed by atoms with van der Waals surface area (Å²) >= 11 is 0. The zero-order chi connectivity index (χ0) is 20.6. The molecule has 2 saturated heterocycles. The van der Waals surface area contributed by atoms with Crippen LogP contribution in [0, 0.1) is 0 Å². The summed E-state index contributed by atoms with van der Waals surface area (Å²) in [7, 11) is 4.20. The lowest BCUT2D eigenvalue weighted by atomic mass is 9.85. The third kappa shape index (κ3) is 5.44. The van der Waals surface area contributed by atoms with Gasteiger partial charge < -0.3 is 9.47 Å². The van der Waals surface area contributed by atoms with Crippen LogP contribution in [0.1, 0.15) is 73.6 Å². The number of likely N-dealkylation sites (tertiary alicyclic amines) is 2. The quantitative estimate of drug-likeness (QED) is 0.550. The fraction of sp³-hybridized carbons (Fsp3) is 0.905. The smallest absolute Gasteiger partial charge is 0.317 e. The molecule has 0 spiro atoms. The van der Waals surface area contributed by atoms with Crippen molar-refractivity contribution >= 4 is 11.9 Å². The van der Waals surface area contributed by atoms with Gasteiger partial charge in [0.25, 0.3) is 0 Å². The first-order valence-corrected chi connectivity index (χ1v) is 10.2. The summed E-state index contributed by atoms with van der Waals surface area (Å²) in [6.07, 6.45) is 2.54. The Morgan fingerprint density at radius 2 is 1.15 bits per heavy atom. The summed E-state index contributed by atoms with van der Waals surface area (Å²) in [6, 6.07) is 0.669. The second-order valence-corrected chi connectivity index (χ2v) is 9.82. The van der Waals surface area contributed by atoms with Crippen LogP contribution >= 0.6 is 0 Å². The van der Waals surface area contributed by atoms with Crippen molar-refractivity contribution in [1.82, 2.24) is 9.80 Å². The van der Waals surface area contributed by atoms with Crippen LogP contribution in [0.4, 0.5) is 0 Å². The number of hydrogen-bond donors (Lipinski definition) is 0. The number of ether oxygens (including phenoxy) is 2. The van der Waals surface area contributed by atoms with E-state index in [4.69, 9.17) is 9.47 Å². The van der Waals surface area contributed by atoms with E-state index in [0.29, 0.717) is 12.1 Å². The zero-order valence-electron chi connectivity index (χ0n) is 18.4. The number of carbonyl (C=O) groups is 2. The van der Waals surface area contributed by atoms with Crippen molar-refractivity contribution in [1.29, 1.82) is 0 Å². The van der Waals surface area contributed by atoms with Crippen LogP contribution in [0.2, 0.25) is 0 Å². The number of rotatable bonds is 4. The minimum absolute atomic E-state index is 0.0288. The van der Waals surface area contributed by atoms with E-state index < -0.39 is 11.9 Å². The minimum Gasteiger partial charge on any atom is -0.462 e. The number of piperidine rings is 2. The highest BCUT2D eigenvalue weighted by Crippen LogP contribution is 2.33. The van der Waals surface area contributed by atoms with Gasteiger partial charge in [0.05, 0.1) is 0 Å². The van der Waals surface area contributed by atoms with Crippen LogP contribution in [-0.4, -0.2) is 71.2 Å². The van der Waals surface area contributed by atoms with E-state index in [1.807, 2.05) is 0 Å². The van der Waals surface area contributed by atoms with E-state index in [1.54, 1.807) is 0 Å². The van der Waals surface area contributed by atoms with Crippen molar-refractivity contribution < 1.29 is 19.1 Å². The highest BCUT2D eigenvalue weighted by atomic mass is 16.6. The minimum atomic E-state index is -0.474. The monoisotopic (exact) mass is 382 g/mol. The Balaban J connectivity index is 1.83. The molecule has 4 atom stereocenters. The maximum Gasteiger partial charge on any atom is 0.317 e. The Hall–Kier alpha value is -1.14. The molecule has 2 heterocycles. The largest absolute Gasteiger partial charge is 0.462 e. The van der Waals surface area contributed by atoms with Gasteiger partial charge in [0.15, 0.2) is 0 Å². The predicted octanol–water partition coefficient (Wildman–Crippen LogP) is 2.99. The second kappa shape index (κ2) is 8.08. The third-order valence-electron chi connectivity index (χ3n) is 6.78. The third-order valence-corrected chi connectivity index (χ3v) is 6.78. The van der Waals surface area contributed by atoms with Gasteiger partial charge in [-0.05, 0) is 68.5 Å². The molecule has 27 heavy (non-hydrogen) atoms. The van der Waals surface area contributed by atoms with E-state index in [1.165, 1.54) is 0 Å². The highest BCUT2D eigenvalue weighted by Gasteiger charge is 2.40. The molecule has 2 aliphatic heterocycles. The summed E-state index contributed by atoms with van der Waals surface area (Å²) in [5.41, 5.74) is -0.0576. The maximum absolute atomic E-state index is 12.3.